The standard InChI is InChI=1S/C8H16N2O/c1-8(11)7-10-5-3-9(2)4-6-10/h3-7H2,1-2H3/i7+1,9+1,10+1,11+2. The maximum atomic E-state index is 10.7. The second-order valence-electron chi connectivity index (χ2n) is 3.28. The van der Waals surface area contributed by atoms with Gasteiger partial charge in [0.25, 0.3) is 0 Å². The smallest absolute Gasteiger partial charge is 0.143 e. The van der Waals surface area contributed by atoms with Crippen molar-refractivity contribution >= 4 is 5.78 Å². The first kappa shape index (κ1) is 8.68. The van der Waals surface area contributed by atoms with Gasteiger partial charge in [0.1, 0.15) is 5.78 Å². The molecule has 0 spiro atoms. The SMILES string of the molecule is CC(=[18O])[13CH2][15N]1CC[15N](C)CC1. The van der Waals surface area contributed by atoms with Crippen LogP contribution in [0.25, 0.3) is 0 Å². The molecular weight excluding hydrogens is 145 g/mol. The maximum absolute atomic E-state index is 10.7. The number of rotatable bonds is 2. The van der Waals surface area contributed by atoms with E-state index in [9.17, 15) is 4.79 Å². The van der Waals surface area contributed by atoms with Crippen LogP contribution in [0.15, 0.2) is 0 Å². The van der Waals surface area contributed by atoms with E-state index in [2.05, 4.69) is 16.8 Å². The monoisotopic (exact) mass is 161 g/mol. The molecule has 0 amide bonds. The van der Waals surface area contributed by atoms with Crippen LogP contribution in [-0.2, 0) is 4.79 Å². The number of likely N-dealkylation sites (N-methyl/N-ethyl adjacent to an activating group) is 1. The van der Waals surface area contributed by atoms with Gasteiger partial charge in [0.05, 0.1) is 6.54 Å². The van der Waals surface area contributed by atoms with E-state index in [0.29, 0.717) is 6.54 Å². The summed E-state index contributed by atoms with van der Waals surface area (Å²) in [5.41, 5.74) is 0. The zero-order valence-electron chi connectivity index (χ0n) is 7.34. The van der Waals surface area contributed by atoms with Crippen LogP contribution in [0, 0.1) is 0 Å². The summed E-state index contributed by atoms with van der Waals surface area (Å²) in [6, 6.07) is 0. The Labute approximate surface area is 68.0 Å². The summed E-state index contributed by atoms with van der Waals surface area (Å²) in [5.74, 6) is 0.273. The molecule has 0 saturated carbocycles. The van der Waals surface area contributed by atoms with Crippen LogP contribution in [0.1, 0.15) is 6.92 Å². The highest BCUT2D eigenvalue weighted by atomic mass is 18.1. The van der Waals surface area contributed by atoms with Crippen LogP contribution >= 0.6 is 0 Å². The molecule has 64 valence electrons. The van der Waals surface area contributed by atoms with E-state index in [0.717, 1.165) is 26.2 Å². The third kappa shape index (κ3) is 2.99. The first-order valence-electron chi connectivity index (χ1n) is 4.09. The van der Waals surface area contributed by atoms with Crippen LogP contribution in [-0.4, -0.2) is 55.4 Å². The number of carbonyl (C=O) groups excluding carboxylic acids is 1. The topological polar surface area (TPSA) is 23.6 Å². The normalized spacial score (nSPS) is 22.0. The highest BCUT2D eigenvalue weighted by Crippen LogP contribution is 1.97. The molecule has 0 aromatic rings. The van der Waals surface area contributed by atoms with E-state index in [1.165, 1.54) is 0 Å². The first-order valence-corrected chi connectivity index (χ1v) is 4.09. The van der Waals surface area contributed by atoms with Crippen LogP contribution in [0.2, 0.25) is 0 Å². The van der Waals surface area contributed by atoms with Crippen molar-refractivity contribution in [3.63, 3.8) is 0 Å². The Morgan fingerprint density at radius 3 is 2.27 bits per heavy atom. The molecule has 1 aliphatic heterocycles. The van der Waals surface area contributed by atoms with Crippen LogP contribution < -0.4 is 0 Å². The molecule has 1 rings (SSSR count). The maximum Gasteiger partial charge on any atom is 0.143 e. The van der Waals surface area contributed by atoms with Crippen LogP contribution in [0.3, 0.4) is 0 Å². The highest BCUT2D eigenvalue weighted by Gasteiger charge is 2.13. The Morgan fingerprint density at radius 2 is 1.82 bits per heavy atom. The molecule has 3 nitrogen and oxygen atoms in total. The van der Waals surface area contributed by atoms with Crippen molar-refractivity contribution in [2.24, 2.45) is 0 Å². The lowest BCUT2D eigenvalue weighted by molar-refractivity contribution is -0.118. The Kier molecular flexibility index (Phi) is 3.02. The average Bonchev–Trinajstić information content (AvgIpc) is 1.93. The van der Waals surface area contributed by atoms with Gasteiger partial charge in [-0.05, 0) is 14.0 Å². The molecule has 0 aliphatic carbocycles. The molecule has 1 saturated heterocycles. The van der Waals surface area contributed by atoms with Crippen LogP contribution in [0.4, 0.5) is 0 Å². The number of piperazine rings is 1. The second kappa shape index (κ2) is 3.83. The van der Waals surface area contributed by atoms with Crippen molar-refractivity contribution in [1.29, 1.82) is 0 Å². The van der Waals surface area contributed by atoms with E-state index >= 15 is 0 Å². The summed E-state index contributed by atoms with van der Waals surface area (Å²) in [7, 11) is 2.12. The predicted octanol–water partition coefficient (Wildman–Crippen LogP) is -0.177. The molecular formula is C8H16N2O. The Hall–Kier alpha value is -0.410. The summed E-state index contributed by atoms with van der Waals surface area (Å²) in [5, 5.41) is 0. The molecule has 0 radical (unpaired) electrons. The van der Waals surface area contributed by atoms with Crippen molar-refractivity contribution < 1.29 is 4.79 Å². The lowest BCUT2D eigenvalue weighted by Gasteiger charge is -2.31. The minimum Gasteiger partial charge on any atom is -0.304 e. The van der Waals surface area contributed by atoms with E-state index in [1.54, 1.807) is 6.92 Å². The first-order chi connectivity index (χ1) is 5.18. The number of Topliss-reactive ketones (excluding diaryl/α,β-unsaturated/α-hetero) is 1. The Bertz CT molecular complexity index is 139. The fourth-order valence-corrected chi connectivity index (χ4v) is 1.32. The van der Waals surface area contributed by atoms with E-state index < -0.39 is 0 Å². The predicted molar refractivity (Wildman–Crippen MR) is 44.6 cm³/mol. The molecule has 1 aliphatic rings. The molecule has 0 atom stereocenters. The third-order valence-corrected chi connectivity index (χ3v) is 2.04. The van der Waals surface area contributed by atoms with Gasteiger partial charge >= 0.3 is 0 Å². The Balaban J connectivity index is 2.22. The van der Waals surface area contributed by atoms with Crippen molar-refractivity contribution in [2.75, 3.05) is 39.8 Å². The zero-order valence-corrected chi connectivity index (χ0v) is 7.34. The molecule has 3 heteroatoms. The summed E-state index contributed by atoms with van der Waals surface area (Å²) >= 11 is 0. The average molecular weight is 161 g/mol. The minimum atomic E-state index is 0.273. The van der Waals surface area contributed by atoms with Gasteiger partial charge in [-0.3, -0.25) is 9.69 Å². The summed E-state index contributed by atoms with van der Waals surface area (Å²) in [6.45, 7) is 6.54. The summed E-state index contributed by atoms with van der Waals surface area (Å²) in [4.78, 5) is 15.2. The number of hydrogen-bond acceptors (Lipinski definition) is 3. The van der Waals surface area contributed by atoms with Crippen LogP contribution in [0.5, 0.6) is 0 Å². The second-order valence-corrected chi connectivity index (χ2v) is 3.28. The van der Waals surface area contributed by atoms with Crippen molar-refractivity contribution in [2.45, 2.75) is 6.92 Å². The molecule has 1 fully saturated rings. The quantitative estimate of drug-likeness (QED) is 0.319. The fourth-order valence-electron chi connectivity index (χ4n) is 1.32. The molecule has 0 N–H and O–H groups in total. The van der Waals surface area contributed by atoms with E-state index in [1.807, 2.05) is 0 Å². The van der Waals surface area contributed by atoms with Crippen molar-refractivity contribution in [3.8, 4) is 0 Å². The minimum absolute atomic E-state index is 0.273. The lowest BCUT2D eigenvalue weighted by Crippen LogP contribution is -2.45. The van der Waals surface area contributed by atoms with Crippen molar-refractivity contribution in [3.05, 3.63) is 0 Å². The highest BCUT2D eigenvalue weighted by molar-refractivity contribution is 5.77. The molecule has 1 heterocycles. The van der Waals surface area contributed by atoms with Gasteiger partial charge in [-0.2, -0.15) is 0 Å². The largest absolute Gasteiger partial charge is 0.304 e. The van der Waals surface area contributed by atoms with E-state index in [4.69, 9.17) is 0 Å². The van der Waals surface area contributed by atoms with E-state index in [-0.39, 0.29) is 5.78 Å². The van der Waals surface area contributed by atoms with Gasteiger partial charge in [-0.25, -0.2) is 0 Å². The Morgan fingerprint density at radius 1 is 1.27 bits per heavy atom. The van der Waals surface area contributed by atoms with Crippen molar-refractivity contribution in [1.82, 2.24) is 9.80 Å². The number of hydrogen-bond donors (Lipinski definition) is 0. The summed E-state index contributed by atoms with van der Waals surface area (Å²) < 4.78 is 0. The number of nitrogens with zero attached hydrogens (tertiary/aromatic N) is 2. The van der Waals surface area contributed by atoms with Gasteiger partial charge in [0.2, 0.25) is 0 Å². The molecule has 0 bridgehead atoms. The molecule has 0 unspecified atom stereocenters. The summed E-state index contributed by atoms with van der Waals surface area (Å²) in [6.07, 6.45) is 0. The number of carbonyl (C=O) groups is 1. The van der Waals surface area contributed by atoms with Gasteiger partial charge in [-0.15, -0.1) is 0 Å². The lowest BCUT2D eigenvalue weighted by atomic mass is 10.5. The fraction of sp³-hybridized carbons (Fsp3) is 0.875. The van der Waals surface area contributed by atoms with Gasteiger partial charge < -0.3 is 4.90 Å². The number of ketones is 1. The molecule has 11 heavy (non-hydrogen) atoms. The zero-order chi connectivity index (χ0) is 8.27. The third-order valence-electron chi connectivity index (χ3n) is 2.04. The van der Waals surface area contributed by atoms with Gasteiger partial charge in [-0.1, -0.05) is 0 Å². The molecule has 0 aromatic heterocycles. The van der Waals surface area contributed by atoms with Gasteiger partial charge in [0.15, 0.2) is 0 Å². The van der Waals surface area contributed by atoms with Gasteiger partial charge in [0, 0.05) is 26.2 Å². The molecule has 0 aromatic carbocycles.